The standard InChI is InChI=1S/C21H23F3O6S/c1-28-14-6-3-11(4-7-14)9-13-10-12(5-8-15(13)30-21(22,23)24)19-17(26)16(25)18(27)20(29-19)31-2/h3-8,10,16-20,25-27H,9H2,1-2H3/t16-,17-,18+,19+,20-/m1/s1. The molecule has 31 heavy (non-hydrogen) atoms. The van der Waals surface area contributed by atoms with Gasteiger partial charge in [-0.15, -0.1) is 24.9 Å². The van der Waals surface area contributed by atoms with Crippen molar-refractivity contribution in [2.24, 2.45) is 0 Å². The summed E-state index contributed by atoms with van der Waals surface area (Å²) in [4.78, 5) is 0. The molecular weight excluding hydrogens is 437 g/mol. The second kappa shape index (κ2) is 9.66. The van der Waals surface area contributed by atoms with Crippen LogP contribution in [0.5, 0.6) is 11.5 Å². The number of ether oxygens (including phenoxy) is 3. The number of thioether (sulfide) groups is 1. The van der Waals surface area contributed by atoms with Crippen LogP contribution in [0.1, 0.15) is 22.8 Å². The molecule has 5 atom stereocenters. The average Bonchev–Trinajstić information content (AvgIpc) is 2.73. The molecule has 2 aromatic rings. The molecule has 3 rings (SSSR count). The Morgan fingerprint density at radius 2 is 1.68 bits per heavy atom. The van der Waals surface area contributed by atoms with Crippen molar-refractivity contribution in [3.05, 3.63) is 59.2 Å². The molecule has 0 radical (unpaired) electrons. The first-order valence-electron chi connectivity index (χ1n) is 9.37. The number of hydrogen-bond acceptors (Lipinski definition) is 7. The fraction of sp³-hybridized carbons (Fsp3) is 0.429. The lowest BCUT2D eigenvalue weighted by Gasteiger charge is -2.40. The van der Waals surface area contributed by atoms with E-state index in [0.29, 0.717) is 16.9 Å². The van der Waals surface area contributed by atoms with E-state index in [-0.39, 0.29) is 17.7 Å². The largest absolute Gasteiger partial charge is 0.573 e. The van der Waals surface area contributed by atoms with E-state index in [0.717, 1.165) is 17.8 Å². The number of alkyl halides is 3. The summed E-state index contributed by atoms with van der Waals surface area (Å²) in [6.45, 7) is 0. The Bertz CT molecular complexity index is 874. The molecule has 0 aromatic heterocycles. The molecular formula is C21H23F3O6S. The average molecular weight is 460 g/mol. The fourth-order valence-corrected chi connectivity index (χ4v) is 4.09. The van der Waals surface area contributed by atoms with Crippen molar-refractivity contribution in [3.8, 4) is 11.5 Å². The zero-order valence-electron chi connectivity index (χ0n) is 16.7. The summed E-state index contributed by atoms with van der Waals surface area (Å²) in [6.07, 6.45) is -8.35. The zero-order valence-corrected chi connectivity index (χ0v) is 17.6. The van der Waals surface area contributed by atoms with Gasteiger partial charge in [0.25, 0.3) is 0 Å². The predicted molar refractivity (Wildman–Crippen MR) is 108 cm³/mol. The van der Waals surface area contributed by atoms with Crippen LogP contribution in [0.25, 0.3) is 0 Å². The van der Waals surface area contributed by atoms with Gasteiger partial charge in [-0.3, -0.25) is 0 Å². The molecule has 170 valence electrons. The Morgan fingerprint density at radius 1 is 1.00 bits per heavy atom. The van der Waals surface area contributed by atoms with Crippen molar-refractivity contribution in [3.63, 3.8) is 0 Å². The number of benzene rings is 2. The van der Waals surface area contributed by atoms with Gasteiger partial charge in [-0.05, 0) is 47.2 Å². The topological polar surface area (TPSA) is 88.4 Å². The van der Waals surface area contributed by atoms with E-state index in [1.807, 2.05) is 0 Å². The Labute approximate surface area is 181 Å². The number of hydrogen-bond donors (Lipinski definition) is 3. The molecule has 1 aliphatic rings. The number of rotatable bonds is 6. The molecule has 0 spiro atoms. The summed E-state index contributed by atoms with van der Waals surface area (Å²) in [6, 6.07) is 10.8. The lowest BCUT2D eigenvalue weighted by Crippen LogP contribution is -2.52. The number of halogens is 3. The van der Waals surface area contributed by atoms with Gasteiger partial charge in [-0.25, -0.2) is 0 Å². The van der Waals surface area contributed by atoms with Gasteiger partial charge in [0.15, 0.2) is 0 Å². The van der Waals surface area contributed by atoms with Gasteiger partial charge in [0.2, 0.25) is 0 Å². The second-order valence-electron chi connectivity index (χ2n) is 7.07. The van der Waals surface area contributed by atoms with Crippen LogP contribution in [0.15, 0.2) is 42.5 Å². The second-order valence-corrected chi connectivity index (χ2v) is 8.01. The van der Waals surface area contributed by atoms with Gasteiger partial charge in [-0.1, -0.05) is 18.2 Å². The highest BCUT2D eigenvalue weighted by molar-refractivity contribution is 7.99. The molecule has 0 amide bonds. The van der Waals surface area contributed by atoms with E-state index in [4.69, 9.17) is 9.47 Å². The van der Waals surface area contributed by atoms with Crippen LogP contribution in [0.2, 0.25) is 0 Å². The van der Waals surface area contributed by atoms with Crippen LogP contribution < -0.4 is 9.47 Å². The minimum Gasteiger partial charge on any atom is -0.497 e. The zero-order chi connectivity index (χ0) is 22.8. The van der Waals surface area contributed by atoms with E-state index in [1.165, 1.54) is 19.2 Å². The van der Waals surface area contributed by atoms with Gasteiger partial charge in [0, 0.05) is 6.42 Å². The number of aliphatic hydroxyl groups is 3. The third-order valence-electron chi connectivity index (χ3n) is 4.99. The summed E-state index contributed by atoms with van der Waals surface area (Å²) in [5.41, 5.74) is 0.486. The Kier molecular flexibility index (Phi) is 7.38. The van der Waals surface area contributed by atoms with Gasteiger partial charge >= 0.3 is 6.36 Å². The first-order valence-corrected chi connectivity index (χ1v) is 10.7. The maximum absolute atomic E-state index is 12.9. The van der Waals surface area contributed by atoms with E-state index in [2.05, 4.69) is 4.74 Å². The first-order chi connectivity index (χ1) is 14.6. The highest BCUT2D eigenvalue weighted by Crippen LogP contribution is 2.38. The minimum absolute atomic E-state index is 0.114. The lowest BCUT2D eigenvalue weighted by molar-refractivity contribution is -0.274. The molecule has 0 unspecified atom stereocenters. The van der Waals surface area contributed by atoms with Gasteiger partial charge < -0.3 is 29.5 Å². The molecule has 1 saturated heterocycles. The van der Waals surface area contributed by atoms with E-state index >= 15 is 0 Å². The van der Waals surface area contributed by atoms with E-state index in [9.17, 15) is 28.5 Å². The van der Waals surface area contributed by atoms with Crippen molar-refractivity contribution < 1.29 is 42.7 Å². The monoisotopic (exact) mass is 460 g/mol. The van der Waals surface area contributed by atoms with Gasteiger partial charge in [-0.2, -0.15) is 0 Å². The third-order valence-corrected chi connectivity index (χ3v) is 5.85. The van der Waals surface area contributed by atoms with E-state index in [1.54, 1.807) is 30.5 Å². The van der Waals surface area contributed by atoms with Crippen LogP contribution >= 0.6 is 11.8 Å². The highest BCUT2D eigenvalue weighted by atomic mass is 32.2. The number of aliphatic hydroxyl groups excluding tert-OH is 3. The summed E-state index contributed by atoms with van der Waals surface area (Å²) < 4.78 is 53.7. The molecule has 3 N–H and O–H groups in total. The lowest BCUT2D eigenvalue weighted by atomic mass is 9.92. The predicted octanol–water partition coefficient (Wildman–Crippen LogP) is 3.03. The summed E-state index contributed by atoms with van der Waals surface area (Å²) in [5.74, 6) is 0.234. The van der Waals surface area contributed by atoms with Crippen molar-refractivity contribution in [1.82, 2.24) is 0 Å². The molecule has 0 aliphatic carbocycles. The molecule has 1 aliphatic heterocycles. The van der Waals surface area contributed by atoms with Gasteiger partial charge in [0.1, 0.15) is 41.4 Å². The Hall–Kier alpha value is -1.98. The van der Waals surface area contributed by atoms with Crippen molar-refractivity contribution in [2.45, 2.75) is 42.6 Å². The Morgan fingerprint density at radius 3 is 2.26 bits per heavy atom. The molecule has 2 aromatic carbocycles. The normalized spacial score (nSPS) is 26.5. The maximum atomic E-state index is 12.9. The van der Waals surface area contributed by atoms with Crippen LogP contribution in [0.4, 0.5) is 13.2 Å². The third kappa shape index (κ3) is 5.64. The van der Waals surface area contributed by atoms with Crippen LogP contribution in [-0.4, -0.2) is 58.8 Å². The Balaban J connectivity index is 1.95. The fourth-order valence-electron chi connectivity index (χ4n) is 3.42. The minimum atomic E-state index is -4.87. The molecule has 0 saturated carbocycles. The first kappa shape index (κ1) is 23.7. The summed E-state index contributed by atoms with van der Waals surface area (Å²) in [5, 5.41) is 30.6. The quantitative estimate of drug-likeness (QED) is 0.611. The molecule has 10 heteroatoms. The van der Waals surface area contributed by atoms with Crippen LogP contribution in [0, 0.1) is 0 Å². The van der Waals surface area contributed by atoms with Crippen LogP contribution in [0.3, 0.4) is 0 Å². The van der Waals surface area contributed by atoms with Gasteiger partial charge in [0.05, 0.1) is 7.11 Å². The maximum Gasteiger partial charge on any atom is 0.573 e. The van der Waals surface area contributed by atoms with Crippen molar-refractivity contribution in [2.75, 3.05) is 13.4 Å². The van der Waals surface area contributed by atoms with Crippen LogP contribution in [-0.2, 0) is 11.2 Å². The molecule has 1 fully saturated rings. The summed E-state index contributed by atoms with van der Waals surface area (Å²) in [7, 11) is 1.51. The van der Waals surface area contributed by atoms with Crippen molar-refractivity contribution in [1.29, 1.82) is 0 Å². The molecule has 0 bridgehead atoms. The van der Waals surface area contributed by atoms with Crippen molar-refractivity contribution >= 4 is 11.8 Å². The SMILES string of the molecule is COc1ccc(Cc2cc([C@@H]3O[C@H](SC)[C@@H](O)[C@H](O)[C@H]3O)ccc2OC(F)(F)F)cc1. The smallest absolute Gasteiger partial charge is 0.497 e. The van der Waals surface area contributed by atoms with E-state index < -0.39 is 36.2 Å². The summed E-state index contributed by atoms with van der Waals surface area (Å²) >= 11 is 1.15. The molecule has 1 heterocycles. The molecule has 6 nitrogen and oxygen atoms in total. The highest BCUT2D eigenvalue weighted by Gasteiger charge is 2.44. The number of methoxy groups -OCH3 is 1.